The summed E-state index contributed by atoms with van der Waals surface area (Å²) in [4.78, 5) is 8.76. The minimum absolute atomic E-state index is 0.436. The second-order valence-electron chi connectivity index (χ2n) is 6.46. The molecule has 5 rings (SSSR count). The van der Waals surface area contributed by atoms with E-state index in [0.29, 0.717) is 18.3 Å². The van der Waals surface area contributed by atoms with Gasteiger partial charge in [0.25, 0.3) is 0 Å². The molecule has 0 aliphatic rings. The Morgan fingerprint density at radius 1 is 0.793 bits per heavy atom. The first-order chi connectivity index (χ1) is 14.4. The number of nitrogens with one attached hydrogen (secondary N) is 1. The lowest BCUT2D eigenvalue weighted by atomic mass is 9.98. The van der Waals surface area contributed by atoms with E-state index < -0.39 is 0 Å². The summed E-state index contributed by atoms with van der Waals surface area (Å²) in [5.74, 6) is 1.15. The molecule has 7 heteroatoms. The van der Waals surface area contributed by atoms with Crippen molar-refractivity contribution in [3.63, 3.8) is 0 Å². The van der Waals surface area contributed by atoms with E-state index >= 15 is 0 Å². The molecule has 0 bridgehead atoms. The number of aromatic amines is 1. The van der Waals surface area contributed by atoms with E-state index in [1.807, 2.05) is 60.7 Å². The van der Waals surface area contributed by atoms with Crippen LogP contribution in [-0.4, -0.2) is 30.6 Å². The van der Waals surface area contributed by atoms with Gasteiger partial charge in [0, 0.05) is 17.8 Å². The van der Waals surface area contributed by atoms with Crippen LogP contribution in [0.2, 0.25) is 0 Å². The summed E-state index contributed by atoms with van der Waals surface area (Å²) in [6, 6.07) is 23.7. The van der Waals surface area contributed by atoms with Crippen LogP contribution in [0.15, 0.2) is 79.0 Å². The zero-order valence-electron chi connectivity index (χ0n) is 15.4. The fraction of sp³-hybridized carbons (Fsp3) is 0.0455. The van der Waals surface area contributed by atoms with Crippen LogP contribution in [0.5, 0.6) is 5.88 Å². The van der Waals surface area contributed by atoms with Crippen molar-refractivity contribution in [1.82, 2.24) is 30.6 Å². The van der Waals surface area contributed by atoms with Crippen LogP contribution in [0.3, 0.4) is 0 Å². The standard InChI is InChI=1S/C22H16N6O/c1-2-5-18(22-25-27-28-26-22)17(4-1)16-9-7-15(8-10-16)14-29-21-12-11-19-20(24-21)6-3-13-23-19/h1-13H,14H2,(H,25,26,27,28). The summed E-state index contributed by atoms with van der Waals surface area (Å²) < 4.78 is 5.86. The average Bonchev–Trinajstić information content (AvgIpc) is 3.33. The molecule has 0 saturated carbocycles. The minimum atomic E-state index is 0.436. The Labute approximate surface area is 166 Å². The number of pyridine rings is 2. The van der Waals surface area contributed by atoms with Crippen molar-refractivity contribution >= 4 is 11.0 Å². The third-order valence-corrected chi connectivity index (χ3v) is 4.60. The number of nitrogens with zero attached hydrogens (tertiary/aromatic N) is 5. The highest BCUT2D eigenvalue weighted by Crippen LogP contribution is 2.29. The van der Waals surface area contributed by atoms with E-state index in [2.05, 4.69) is 42.7 Å². The zero-order chi connectivity index (χ0) is 19.5. The first kappa shape index (κ1) is 17.0. The van der Waals surface area contributed by atoms with Crippen molar-refractivity contribution in [2.45, 2.75) is 6.61 Å². The fourth-order valence-corrected chi connectivity index (χ4v) is 3.16. The third kappa shape index (κ3) is 3.53. The Morgan fingerprint density at radius 3 is 2.48 bits per heavy atom. The van der Waals surface area contributed by atoms with Gasteiger partial charge in [-0.15, -0.1) is 10.2 Å². The summed E-state index contributed by atoms with van der Waals surface area (Å²) >= 11 is 0. The van der Waals surface area contributed by atoms with E-state index in [1.54, 1.807) is 6.20 Å². The van der Waals surface area contributed by atoms with Crippen LogP contribution in [0.4, 0.5) is 0 Å². The second kappa shape index (κ2) is 7.47. The predicted molar refractivity (Wildman–Crippen MR) is 109 cm³/mol. The van der Waals surface area contributed by atoms with Crippen molar-refractivity contribution in [2.75, 3.05) is 0 Å². The summed E-state index contributed by atoms with van der Waals surface area (Å²) in [5.41, 5.74) is 5.77. The first-order valence-corrected chi connectivity index (χ1v) is 9.13. The molecule has 140 valence electrons. The molecule has 3 aromatic heterocycles. The van der Waals surface area contributed by atoms with Crippen LogP contribution in [0.25, 0.3) is 33.5 Å². The summed E-state index contributed by atoms with van der Waals surface area (Å²) in [6.45, 7) is 0.436. The maximum Gasteiger partial charge on any atom is 0.214 e. The average molecular weight is 380 g/mol. The molecule has 7 nitrogen and oxygen atoms in total. The van der Waals surface area contributed by atoms with Gasteiger partial charge in [0.1, 0.15) is 6.61 Å². The molecule has 5 aromatic rings. The van der Waals surface area contributed by atoms with Crippen molar-refractivity contribution in [3.05, 3.63) is 84.6 Å². The van der Waals surface area contributed by atoms with Gasteiger partial charge in [-0.05, 0) is 40.1 Å². The lowest BCUT2D eigenvalue weighted by molar-refractivity contribution is 0.295. The Kier molecular flexibility index (Phi) is 4.38. The quantitative estimate of drug-likeness (QED) is 0.495. The Bertz CT molecular complexity index is 1250. The molecule has 3 heterocycles. The molecule has 0 radical (unpaired) electrons. The monoisotopic (exact) mass is 380 g/mol. The van der Waals surface area contributed by atoms with Crippen molar-refractivity contribution < 1.29 is 4.74 Å². The van der Waals surface area contributed by atoms with Gasteiger partial charge in [0.15, 0.2) is 0 Å². The Morgan fingerprint density at radius 2 is 1.66 bits per heavy atom. The minimum Gasteiger partial charge on any atom is -0.473 e. The SMILES string of the molecule is c1ccc(-c2nn[nH]n2)c(-c2ccc(COc3ccc4ncccc4n3)cc2)c1. The van der Waals surface area contributed by atoms with Gasteiger partial charge >= 0.3 is 0 Å². The number of H-pyrrole nitrogens is 1. The van der Waals surface area contributed by atoms with Gasteiger partial charge in [-0.3, -0.25) is 4.98 Å². The normalized spacial score (nSPS) is 10.9. The molecule has 0 fully saturated rings. The number of rotatable bonds is 5. The van der Waals surface area contributed by atoms with Crippen LogP contribution in [0, 0.1) is 0 Å². The van der Waals surface area contributed by atoms with Gasteiger partial charge in [-0.1, -0.05) is 48.5 Å². The smallest absolute Gasteiger partial charge is 0.214 e. The molecule has 29 heavy (non-hydrogen) atoms. The number of benzene rings is 2. The predicted octanol–water partition coefficient (Wildman–Crippen LogP) is 4.06. The van der Waals surface area contributed by atoms with Gasteiger partial charge in [0.05, 0.1) is 11.0 Å². The topological polar surface area (TPSA) is 89.5 Å². The molecule has 0 aliphatic carbocycles. The second-order valence-corrected chi connectivity index (χ2v) is 6.46. The number of hydrogen-bond acceptors (Lipinski definition) is 6. The van der Waals surface area contributed by atoms with Gasteiger partial charge in [-0.2, -0.15) is 5.21 Å². The van der Waals surface area contributed by atoms with Crippen LogP contribution in [-0.2, 0) is 6.61 Å². The molecule has 1 N–H and O–H groups in total. The molecule has 0 amide bonds. The summed E-state index contributed by atoms with van der Waals surface area (Å²) in [7, 11) is 0. The largest absolute Gasteiger partial charge is 0.473 e. The first-order valence-electron chi connectivity index (χ1n) is 9.13. The van der Waals surface area contributed by atoms with Gasteiger partial charge < -0.3 is 4.74 Å². The third-order valence-electron chi connectivity index (χ3n) is 4.60. The zero-order valence-corrected chi connectivity index (χ0v) is 15.4. The maximum atomic E-state index is 5.86. The molecule has 0 aliphatic heterocycles. The molecule has 0 spiro atoms. The summed E-state index contributed by atoms with van der Waals surface area (Å²) in [5, 5.41) is 14.4. The maximum absolute atomic E-state index is 5.86. The highest BCUT2D eigenvalue weighted by atomic mass is 16.5. The summed E-state index contributed by atoms with van der Waals surface area (Å²) in [6.07, 6.45) is 1.75. The van der Waals surface area contributed by atoms with E-state index in [4.69, 9.17) is 4.74 Å². The molecular formula is C22H16N6O. The van der Waals surface area contributed by atoms with Crippen molar-refractivity contribution in [2.24, 2.45) is 0 Å². The Balaban J connectivity index is 1.34. The van der Waals surface area contributed by atoms with Crippen molar-refractivity contribution in [1.29, 1.82) is 0 Å². The lowest BCUT2D eigenvalue weighted by Crippen LogP contribution is -1.97. The van der Waals surface area contributed by atoms with Crippen molar-refractivity contribution in [3.8, 4) is 28.4 Å². The van der Waals surface area contributed by atoms with E-state index in [9.17, 15) is 0 Å². The van der Waals surface area contributed by atoms with Gasteiger partial charge in [0.2, 0.25) is 11.7 Å². The van der Waals surface area contributed by atoms with Crippen LogP contribution < -0.4 is 4.74 Å². The molecule has 0 atom stereocenters. The highest BCUT2D eigenvalue weighted by molar-refractivity contribution is 5.80. The van der Waals surface area contributed by atoms with Crippen LogP contribution in [0.1, 0.15) is 5.56 Å². The fourth-order valence-electron chi connectivity index (χ4n) is 3.16. The number of hydrogen-bond donors (Lipinski definition) is 1. The van der Waals surface area contributed by atoms with Crippen LogP contribution >= 0.6 is 0 Å². The van der Waals surface area contributed by atoms with E-state index in [1.165, 1.54) is 0 Å². The Hall–Kier alpha value is -4.13. The van der Waals surface area contributed by atoms with Gasteiger partial charge in [-0.25, -0.2) is 4.98 Å². The number of tetrazole rings is 1. The van der Waals surface area contributed by atoms with E-state index in [-0.39, 0.29) is 0 Å². The molecule has 0 saturated heterocycles. The molecule has 2 aromatic carbocycles. The lowest BCUT2D eigenvalue weighted by Gasteiger charge is -2.09. The molecule has 0 unspecified atom stereocenters. The number of aromatic nitrogens is 6. The highest BCUT2D eigenvalue weighted by Gasteiger charge is 2.10. The van der Waals surface area contributed by atoms with E-state index in [0.717, 1.165) is 33.3 Å². The number of ether oxygens (including phenoxy) is 1. The molecular weight excluding hydrogens is 364 g/mol. The number of fused-ring (bicyclic) bond motifs is 1.